The third kappa shape index (κ3) is 6.94. The number of fused-ring (bicyclic) bond motifs is 2. The van der Waals surface area contributed by atoms with E-state index in [1.165, 1.54) is 55.6 Å². The number of hydrogen-bond donors (Lipinski definition) is 0. The maximum absolute atomic E-state index is 3.74. The zero-order valence-electron chi connectivity index (χ0n) is 32.8. The van der Waals surface area contributed by atoms with Crippen LogP contribution < -0.4 is 0 Å². The van der Waals surface area contributed by atoms with Gasteiger partial charge in [-0.15, -0.1) is 24.8 Å². The van der Waals surface area contributed by atoms with Crippen molar-refractivity contribution in [2.75, 3.05) is 0 Å². The first-order valence-corrected chi connectivity index (χ1v) is 31.8. The molecule has 0 amide bonds. The molecule has 50 heavy (non-hydrogen) atoms. The standard InChI is InChI=1S/2C22H25.2CH3.2ClH.H2Si.Zr/c1-14-11-19-16(3)15(2)13-20(21(19)12-14)17-7-9-18(10-8-17)22(4,5)6;1-15(2)18-13-17-7-6-8-20(21(17)14-18)16-9-11-19(12-10-16)22(3,4)5;;;;;;/h7-13H,1-6H3;6-15H,1-5H3;2*1H3;2*1H;1H2;. The monoisotopic (exact) mass is 800 g/mol. The van der Waals surface area contributed by atoms with Crippen LogP contribution in [0.1, 0.15) is 114 Å². The Morgan fingerprint density at radius 2 is 1.14 bits per heavy atom. The number of aryl methyl sites for hydroxylation is 1. The van der Waals surface area contributed by atoms with Crippen molar-refractivity contribution in [1.82, 2.24) is 0 Å². The van der Waals surface area contributed by atoms with Gasteiger partial charge in [0.1, 0.15) is 0 Å². The molecule has 0 fully saturated rings. The van der Waals surface area contributed by atoms with E-state index in [0.717, 1.165) is 0 Å². The Hall–Kier alpha value is -1.96. The molecule has 0 heterocycles. The molecule has 0 saturated carbocycles. The van der Waals surface area contributed by atoms with Crippen molar-refractivity contribution in [1.29, 1.82) is 0 Å². The number of benzene rings is 4. The van der Waals surface area contributed by atoms with Gasteiger partial charge in [-0.2, -0.15) is 0 Å². The van der Waals surface area contributed by atoms with E-state index in [4.69, 9.17) is 0 Å². The molecule has 266 valence electrons. The second-order valence-corrected chi connectivity index (χ2v) is 49.1. The molecule has 4 aromatic carbocycles. The van der Waals surface area contributed by atoms with Gasteiger partial charge in [-0.1, -0.05) is 0 Å². The minimum absolute atomic E-state index is 0. The average Bonchev–Trinajstić information content (AvgIpc) is 3.58. The fourth-order valence-electron chi connectivity index (χ4n) is 9.19. The second-order valence-electron chi connectivity index (χ2n) is 18.6. The zero-order chi connectivity index (χ0) is 35.2. The van der Waals surface area contributed by atoms with Crippen LogP contribution in [0.25, 0.3) is 34.4 Å². The summed E-state index contributed by atoms with van der Waals surface area (Å²) >= 11 is -3.74. The van der Waals surface area contributed by atoms with Gasteiger partial charge >= 0.3 is 297 Å². The SMILES string of the molecule is CC1=Cc2c(-c3ccc(C(C)(C)C)cc3)cc(C)c(C)c2[CH]1[Zr]([CH3])([CH3])(=[SiH2])[CH]1C(C(C)C)=Cc2c(-c3ccc(C(C)(C)C)cc3)cccc21.Cl.Cl. The molecule has 0 N–H and O–H groups in total. The van der Waals surface area contributed by atoms with E-state index >= 15 is 0 Å². The smallest absolute Gasteiger partial charge is 0.147 e. The van der Waals surface area contributed by atoms with Crippen molar-refractivity contribution in [2.24, 2.45) is 5.92 Å². The number of halogens is 2. The molecular formula is C46H60Cl2SiZr. The van der Waals surface area contributed by atoms with Crippen molar-refractivity contribution in [3.63, 3.8) is 0 Å². The summed E-state index contributed by atoms with van der Waals surface area (Å²) in [6.07, 6.45) is 5.20. The van der Waals surface area contributed by atoms with Crippen LogP contribution in [0.3, 0.4) is 0 Å². The molecule has 4 heteroatoms. The molecule has 0 saturated heterocycles. The molecule has 0 nitrogen and oxygen atoms in total. The van der Waals surface area contributed by atoms with Crippen LogP contribution in [0.15, 0.2) is 83.9 Å². The maximum Gasteiger partial charge on any atom is -0.147 e. The van der Waals surface area contributed by atoms with Crippen molar-refractivity contribution in [2.45, 2.75) is 104 Å². The Morgan fingerprint density at radius 3 is 1.62 bits per heavy atom. The second kappa shape index (κ2) is 13.8. The summed E-state index contributed by atoms with van der Waals surface area (Å²) in [5, 5.41) is 0. The summed E-state index contributed by atoms with van der Waals surface area (Å²) < 4.78 is 6.58. The fourth-order valence-corrected chi connectivity index (χ4v) is 29.8. The van der Waals surface area contributed by atoms with Crippen LogP contribution in [-0.4, -0.2) is 6.88 Å². The Bertz CT molecular complexity index is 2060. The molecule has 0 spiro atoms. The molecule has 2 atom stereocenters. The summed E-state index contributed by atoms with van der Waals surface area (Å²) in [4.78, 5) is 0. The van der Waals surface area contributed by atoms with Gasteiger partial charge in [-0.05, 0) is 0 Å². The van der Waals surface area contributed by atoms with Gasteiger partial charge in [0.05, 0.1) is 0 Å². The van der Waals surface area contributed by atoms with Gasteiger partial charge in [0.2, 0.25) is 0 Å². The molecule has 2 aliphatic carbocycles. The van der Waals surface area contributed by atoms with E-state index in [2.05, 4.69) is 177 Å². The largest absolute Gasteiger partial charge is 0.147 e. The molecular weight excluding hydrogens is 743 g/mol. The van der Waals surface area contributed by atoms with Crippen LogP contribution in [-0.2, 0) is 28.2 Å². The first-order valence-electron chi connectivity index (χ1n) is 18.1. The number of hydrogen-bond acceptors (Lipinski definition) is 0. The van der Waals surface area contributed by atoms with E-state index in [9.17, 15) is 0 Å². The van der Waals surface area contributed by atoms with Crippen molar-refractivity contribution >= 4 is 43.8 Å². The number of rotatable bonds is 5. The summed E-state index contributed by atoms with van der Waals surface area (Å²) in [6, 6.07) is 28.4. The molecule has 4 aromatic rings. The van der Waals surface area contributed by atoms with Gasteiger partial charge in [0.25, 0.3) is 0 Å². The third-order valence-electron chi connectivity index (χ3n) is 11.8. The molecule has 0 bridgehead atoms. The van der Waals surface area contributed by atoms with Gasteiger partial charge < -0.3 is 0 Å². The predicted octanol–water partition coefficient (Wildman–Crippen LogP) is 13.7. The summed E-state index contributed by atoms with van der Waals surface area (Å²) in [5.41, 5.74) is 20.8. The first-order chi connectivity index (χ1) is 22.2. The van der Waals surface area contributed by atoms with Gasteiger partial charge in [0.15, 0.2) is 0 Å². The molecule has 2 aliphatic rings. The summed E-state index contributed by atoms with van der Waals surface area (Å²) in [6.45, 7) is 28.3. The summed E-state index contributed by atoms with van der Waals surface area (Å²) in [7, 11) is 0. The van der Waals surface area contributed by atoms with Crippen LogP contribution in [0.2, 0.25) is 9.26 Å². The van der Waals surface area contributed by atoms with E-state index in [1.54, 1.807) is 22.3 Å². The van der Waals surface area contributed by atoms with Crippen LogP contribution in [0, 0.1) is 19.8 Å². The van der Waals surface area contributed by atoms with Gasteiger partial charge in [-0.3, -0.25) is 0 Å². The maximum atomic E-state index is 2.79. The quantitative estimate of drug-likeness (QED) is 0.176. The minimum atomic E-state index is -3.74. The third-order valence-corrected chi connectivity index (χ3v) is 29.4. The van der Waals surface area contributed by atoms with Crippen LogP contribution >= 0.6 is 24.8 Å². The Morgan fingerprint density at radius 1 is 0.640 bits per heavy atom. The first kappa shape index (κ1) is 40.8. The molecule has 6 rings (SSSR count). The fraction of sp³-hybridized carbons (Fsp3) is 0.391. The Balaban J connectivity index is 0.00000281. The average molecular weight is 803 g/mol. The van der Waals surface area contributed by atoms with Gasteiger partial charge in [-0.25, -0.2) is 0 Å². The van der Waals surface area contributed by atoms with Crippen molar-refractivity contribution < 1.29 is 17.4 Å². The minimum Gasteiger partial charge on any atom is -0.147 e. The molecule has 0 aromatic heterocycles. The van der Waals surface area contributed by atoms with E-state index in [1.807, 2.05) is 0 Å². The van der Waals surface area contributed by atoms with E-state index in [0.29, 0.717) is 13.2 Å². The number of allylic oxidation sites excluding steroid dienone is 2. The summed E-state index contributed by atoms with van der Waals surface area (Å²) in [5.74, 6) is 0.497. The molecule has 2 unspecified atom stereocenters. The molecule has 0 radical (unpaired) electrons. The zero-order valence-corrected chi connectivity index (χ0v) is 38.3. The van der Waals surface area contributed by atoms with Crippen LogP contribution in [0.4, 0.5) is 0 Å². The Labute approximate surface area is 319 Å². The molecule has 0 aliphatic heterocycles. The van der Waals surface area contributed by atoms with Crippen LogP contribution in [0.5, 0.6) is 0 Å². The van der Waals surface area contributed by atoms with E-state index in [-0.39, 0.29) is 35.6 Å². The predicted molar refractivity (Wildman–Crippen MR) is 227 cm³/mol. The van der Waals surface area contributed by atoms with Crippen molar-refractivity contribution in [3.05, 3.63) is 128 Å². The van der Waals surface area contributed by atoms with E-state index < -0.39 is 17.4 Å². The topological polar surface area (TPSA) is 0 Å². The Kier molecular flexibility index (Phi) is 11.3. The van der Waals surface area contributed by atoms with Gasteiger partial charge in [0, 0.05) is 0 Å². The van der Waals surface area contributed by atoms with Crippen molar-refractivity contribution in [3.8, 4) is 22.3 Å². The normalized spacial score (nSPS) is 17.4.